The van der Waals surface area contributed by atoms with Crippen molar-refractivity contribution in [2.45, 2.75) is 31.0 Å². The minimum Gasteiger partial charge on any atom is -0.490 e. The Morgan fingerprint density at radius 1 is 1.22 bits per heavy atom. The maximum absolute atomic E-state index is 13.7. The highest BCUT2D eigenvalue weighted by Gasteiger charge is 2.31. The maximum Gasteiger partial charge on any atom is 0.335 e. The molecule has 0 saturated carbocycles. The Morgan fingerprint density at radius 3 is 2.69 bits per heavy atom. The number of carbonyl (C=O) groups is 1. The van der Waals surface area contributed by atoms with Crippen LogP contribution in [-0.2, 0) is 26.2 Å². The van der Waals surface area contributed by atoms with E-state index < -0.39 is 21.6 Å². The van der Waals surface area contributed by atoms with Crippen LogP contribution in [0.3, 0.4) is 0 Å². The molecule has 1 aliphatic heterocycles. The molecule has 170 valence electrons. The Bertz CT molecular complexity index is 1320. The summed E-state index contributed by atoms with van der Waals surface area (Å²) >= 11 is 6.11. The third-order valence-electron chi connectivity index (χ3n) is 5.45. The van der Waals surface area contributed by atoms with Gasteiger partial charge in [0.2, 0.25) is 0 Å². The molecule has 2 heterocycles. The summed E-state index contributed by atoms with van der Waals surface area (Å²) in [5.41, 5.74) is 0.0165. The molecule has 0 atom stereocenters. The fraction of sp³-hybridized carbons (Fsp3) is 0.318. The van der Waals surface area contributed by atoms with Crippen LogP contribution < -0.4 is 9.64 Å². The zero-order valence-corrected chi connectivity index (χ0v) is 19.4. The molecular weight excluding hydrogens is 456 g/mol. The molecule has 0 amide bonds. The number of carboxylic acid groups (broad SMARTS) is 1. The van der Waals surface area contributed by atoms with Crippen LogP contribution in [0.5, 0.6) is 5.75 Å². The van der Waals surface area contributed by atoms with Crippen molar-refractivity contribution < 1.29 is 27.8 Å². The normalized spacial score (nSPS) is 14.3. The van der Waals surface area contributed by atoms with E-state index >= 15 is 0 Å². The lowest BCUT2D eigenvalue weighted by Gasteiger charge is -2.28. The predicted molar refractivity (Wildman–Crippen MR) is 121 cm³/mol. The van der Waals surface area contributed by atoms with Gasteiger partial charge in [-0.05, 0) is 50.2 Å². The molecule has 2 aromatic carbocycles. The average Bonchev–Trinajstić information content (AvgIpc) is 3.10. The number of benzene rings is 2. The number of likely N-dealkylation sites (N-methyl/N-ethyl adjacent to an activating group) is 1. The Balaban J connectivity index is 1.84. The van der Waals surface area contributed by atoms with E-state index in [2.05, 4.69) is 0 Å². The predicted octanol–water partition coefficient (Wildman–Crippen LogP) is 3.74. The number of hydrogen-bond donors (Lipinski definition) is 1. The second-order valence-corrected chi connectivity index (χ2v) is 10.3. The molecule has 1 aliphatic rings. The van der Waals surface area contributed by atoms with E-state index in [4.69, 9.17) is 21.1 Å². The molecule has 0 fully saturated rings. The van der Waals surface area contributed by atoms with Gasteiger partial charge in [0, 0.05) is 23.5 Å². The third kappa shape index (κ3) is 3.92. The average molecular weight is 479 g/mol. The summed E-state index contributed by atoms with van der Waals surface area (Å²) < 4.78 is 39.9. The van der Waals surface area contributed by atoms with Crippen LogP contribution in [-0.4, -0.2) is 49.3 Å². The summed E-state index contributed by atoms with van der Waals surface area (Å²) in [7, 11) is -2.14. The number of rotatable bonds is 6. The van der Waals surface area contributed by atoms with Crippen molar-refractivity contribution in [1.29, 1.82) is 0 Å². The molecule has 0 aliphatic carbocycles. The molecule has 1 N–H and O–H groups in total. The van der Waals surface area contributed by atoms with Crippen LogP contribution in [0.2, 0.25) is 5.02 Å². The summed E-state index contributed by atoms with van der Waals surface area (Å²) in [5, 5.41) is 10.4. The smallest absolute Gasteiger partial charge is 0.335 e. The summed E-state index contributed by atoms with van der Waals surface area (Å²) in [6.45, 7) is 3.76. The second kappa shape index (κ2) is 7.99. The molecule has 0 radical (unpaired) electrons. The van der Waals surface area contributed by atoms with Crippen LogP contribution in [0.4, 0.5) is 5.69 Å². The summed E-state index contributed by atoms with van der Waals surface area (Å²) in [5.74, 6) is -0.661. The van der Waals surface area contributed by atoms with Crippen LogP contribution in [0.25, 0.3) is 10.9 Å². The molecule has 0 unspecified atom stereocenters. The lowest BCUT2D eigenvalue weighted by atomic mass is 10.1. The van der Waals surface area contributed by atoms with Gasteiger partial charge in [0.1, 0.15) is 12.4 Å². The number of carboxylic acids is 1. The first-order valence-corrected chi connectivity index (χ1v) is 11.7. The van der Waals surface area contributed by atoms with Crippen molar-refractivity contribution in [2.75, 3.05) is 25.1 Å². The van der Waals surface area contributed by atoms with E-state index in [1.54, 1.807) is 30.3 Å². The molecule has 3 aromatic rings. The monoisotopic (exact) mass is 478 g/mol. The van der Waals surface area contributed by atoms with Gasteiger partial charge in [0.25, 0.3) is 10.0 Å². The minimum absolute atomic E-state index is 0.0535. The number of ether oxygens (including phenoxy) is 2. The summed E-state index contributed by atoms with van der Waals surface area (Å²) in [6.07, 6.45) is 0. The first-order chi connectivity index (χ1) is 15.0. The molecule has 8 nitrogen and oxygen atoms in total. The van der Waals surface area contributed by atoms with E-state index in [-0.39, 0.29) is 17.2 Å². The van der Waals surface area contributed by atoms with E-state index in [9.17, 15) is 18.3 Å². The highest BCUT2D eigenvalue weighted by molar-refractivity contribution is 7.90. The lowest BCUT2D eigenvalue weighted by molar-refractivity contribution is -0.162. The van der Waals surface area contributed by atoms with Crippen molar-refractivity contribution in [1.82, 2.24) is 3.97 Å². The lowest BCUT2D eigenvalue weighted by Crippen LogP contribution is -2.35. The molecule has 1 aromatic heterocycles. The first-order valence-electron chi connectivity index (χ1n) is 9.91. The molecule has 10 heteroatoms. The van der Waals surface area contributed by atoms with Crippen molar-refractivity contribution >= 4 is 44.2 Å². The van der Waals surface area contributed by atoms with Crippen LogP contribution in [0, 0.1) is 0 Å². The molecular formula is C22H23ClN2O6S. The minimum atomic E-state index is -4.06. The first kappa shape index (κ1) is 22.4. The van der Waals surface area contributed by atoms with Crippen molar-refractivity contribution in [2.24, 2.45) is 0 Å². The fourth-order valence-corrected chi connectivity index (χ4v) is 5.25. The standard InChI is InChI=1S/C22H23ClN2O6S/c1-22(2,21(26)27)31-13-16-11-14-10-15(23)4-6-18(14)25(16)32(28,29)17-5-7-19-20(12-17)30-9-8-24(19)3/h4-7,10-12H,8-9,13H2,1-3H3,(H,26,27). The van der Waals surface area contributed by atoms with E-state index in [0.29, 0.717) is 34.8 Å². The largest absolute Gasteiger partial charge is 0.490 e. The van der Waals surface area contributed by atoms with Crippen LogP contribution in [0.15, 0.2) is 47.4 Å². The van der Waals surface area contributed by atoms with E-state index in [1.165, 1.54) is 30.0 Å². The molecule has 0 saturated heterocycles. The zero-order chi connectivity index (χ0) is 23.3. The van der Waals surface area contributed by atoms with Crippen molar-refractivity contribution in [3.8, 4) is 5.75 Å². The number of nitrogens with zero attached hydrogens (tertiary/aromatic N) is 2. The Kier molecular flexibility index (Phi) is 5.60. The van der Waals surface area contributed by atoms with Crippen molar-refractivity contribution in [3.63, 3.8) is 0 Å². The SMILES string of the molecule is CN1CCOc2cc(S(=O)(=O)n3c(COC(C)(C)C(=O)O)cc4cc(Cl)ccc43)ccc21. The van der Waals surface area contributed by atoms with Gasteiger partial charge < -0.3 is 19.5 Å². The molecule has 4 rings (SSSR count). The number of aliphatic carboxylic acids is 1. The zero-order valence-electron chi connectivity index (χ0n) is 17.8. The number of fused-ring (bicyclic) bond motifs is 2. The summed E-state index contributed by atoms with van der Waals surface area (Å²) in [6, 6.07) is 11.3. The highest BCUT2D eigenvalue weighted by Crippen LogP contribution is 2.35. The van der Waals surface area contributed by atoms with Gasteiger partial charge in [-0.25, -0.2) is 17.2 Å². The van der Waals surface area contributed by atoms with E-state index in [1.807, 2.05) is 11.9 Å². The van der Waals surface area contributed by atoms with Gasteiger partial charge in [0.05, 0.1) is 34.9 Å². The van der Waals surface area contributed by atoms with Gasteiger partial charge in [-0.1, -0.05) is 11.6 Å². The van der Waals surface area contributed by atoms with Crippen LogP contribution >= 0.6 is 11.6 Å². The Morgan fingerprint density at radius 2 is 1.97 bits per heavy atom. The molecule has 0 spiro atoms. The molecule has 0 bridgehead atoms. The Hall–Kier alpha value is -2.75. The Labute approximate surface area is 191 Å². The number of halogens is 1. The second-order valence-electron chi connectivity index (χ2n) is 8.11. The topological polar surface area (TPSA) is 98.1 Å². The van der Waals surface area contributed by atoms with Gasteiger partial charge in [-0.3, -0.25) is 0 Å². The number of anilines is 1. The maximum atomic E-state index is 13.7. The van der Waals surface area contributed by atoms with Gasteiger partial charge >= 0.3 is 5.97 Å². The fourth-order valence-electron chi connectivity index (χ4n) is 3.52. The van der Waals surface area contributed by atoms with Gasteiger partial charge in [0.15, 0.2) is 5.60 Å². The van der Waals surface area contributed by atoms with Crippen molar-refractivity contribution in [3.05, 3.63) is 53.2 Å². The van der Waals surface area contributed by atoms with E-state index in [0.717, 1.165) is 5.69 Å². The third-order valence-corrected chi connectivity index (χ3v) is 7.45. The summed E-state index contributed by atoms with van der Waals surface area (Å²) in [4.78, 5) is 13.5. The molecule has 32 heavy (non-hydrogen) atoms. The quantitative estimate of drug-likeness (QED) is 0.576. The number of aromatic nitrogens is 1. The highest BCUT2D eigenvalue weighted by atomic mass is 35.5. The van der Waals surface area contributed by atoms with Crippen LogP contribution in [0.1, 0.15) is 19.5 Å². The van der Waals surface area contributed by atoms with Gasteiger partial charge in [-0.15, -0.1) is 0 Å². The van der Waals surface area contributed by atoms with Gasteiger partial charge in [-0.2, -0.15) is 0 Å². The number of hydrogen-bond acceptors (Lipinski definition) is 6.